The molecule has 0 saturated heterocycles. The first-order chi connectivity index (χ1) is 5.24. The van der Waals surface area contributed by atoms with Gasteiger partial charge in [0.2, 0.25) is 5.06 Å². The van der Waals surface area contributed by atoms with Crippen molar-refractivity contribution in [2.24, 2.45) is 0 Å². The van der Waals surface area contributed by atoms with Crippen molar-refractivity contribution in [2.75, 3.05) is 6.61 Å². The highest BCUT2D eigenvalue weighted by molar-refractivity contribution is 9.10. The molecule has 1 heterocycles. The number of aryl methyl sites for hydroxylation is 1. The maximum Gasteiger partial charge on any atom is 0.209 e. The minimum Gasteiger partial charge on any atom is -0.482 e. The van der Waals surface area contributed by atoms with Crippen LogP contribution < -0.4 is 4.74 Å². The van der Waals surface area contributed by atoms with Crippen LogP contribution in [0.4, 0.5) is 0 Å². The van der Waals surface area contributed by atoms with Crippen molar-refractivity contribution in [1.82, 2.24) is 4.98 Å². The second-order valence-electron chi connectivity index (χ2n) is 2.16. The normalized spacial score (nSPS) is 10.1. The Morgan fingerprint density at radius 3 is 2.82 bits per heavy atom. The third kappa shape index (κ3) is 2.45. The highest BCUT2D eigenvalue weighted by Gasteiger charge is 2.05. The maximum atomic E-state index is 5.42. The first-order valence-electron chi connectivity index (χ1n) is 3.49. The molecule has 0 aliphatic rings. The van der Waals surface area contributed by atoms with Gasteiger partial charge in [0.25, 0.3) is 0 Å². The minimum atomic E-state index is 0.764. The van der Waals surface area contributed by atoms with Crippen molar-refractivity contribution >= 4 is 27.3 Å². The molecule has 1 rings (SSSR count). The van der Waals surface area contributed by atoms with Gasteiger partial charge in [0.1, 0.15) is 0 Å². The molecule has 0 bridgehead atoms. The number of thiazole rings is 1. The Kier molecular flexibility index (Phi) is 3.33. The molecular weight excluding hydrogens is 226 g/mol. The zero-order valence-electron chi connectivity index (χ0n) is 6.56. The maximum absolute atomic E-state index is 5.42. The van der Waals surface area contributed by atoms with Crippen molar-refractivity contribution < 1.29 is 4.74 Å². The number of aromatic nitrogens is 1. The summed E-state index contributed by atoms with van der Waals surface area (Å²) < 4.78 is 6.24. The first-order valence-corrected chi connectivity index (χ1v) is 5.10. The molecule has 0 unspecified atom stereocenters. The van der Waals surface area contributed by atoms with E-state index in [1.807, 2.05) is 6.92 Å². The molecule has 11 heavy (non-hydrogen) atoms. The number of nitrogens with zero attached hydrogens (tertiary/aromatic N) is 1. The molecule has 0 radical (unpaired) electrons. The highest BCUT2D eigenvalue weighted by atomic mass is 79.9. The largest absolute Gasteiger partial charge is 0.482 e. The van der Waals surface area contributed by atoms with Crippen molar-refractivity contribution in [2.45, 2.75) is 20.3 Å². The van der Waals surface area contributed by atoms with Crippen LogP contribution >= 0.6 is 27.3 Å². The van der Waals surface area contributed by atoms with Gasteiger partial charge in [0, 0.05) is 0 Å². The average Bonchev–Trinajstić information content (AvgIpc) is 2.26. The SMILES string of the molecule is CCCOc1sc(C)nc1Br. The van der Waals surface area contributed by atoms with Crippen LogP contribution in [0.3, 0.4) is 0 Å². The monoisotopic (exact) mass is 235 g/mol. The Labute approximate surface area is 78.7 Å². The quantitative estimate of drug-likeness (QED) is 0.804. The van der Waals surface area contributed by atoms with E-state index in [0.717, 1.165) is 27.7 Å². The lowest BCUT2D eigenvalue weighted by Crippen LogP contribution is -1.92. The van der Waals surface area contributed by atoms with Gasteiger partial charge in [-0.15, -0.1) is 0 Å². The number of rotatable bonds is 3. The van der Waals surface area contributed by atoms with Gasteiger partial charge in [-0.2, -0.15) is 0 Å². The van der Waals surface area contributed by atoms with E-state index in [1.165, 1.54) is 0 Å². The summed E-state index contributed by atoms with van der Waals surface area (Å²) in [7, 11) is 0. The number of halogens is 1. The Balaban J connectivity index is 2.62. The Bertz CT molecular complexity index is 236. The molecule has 0 fully saturated rings. The highest BCUT2D eigenvalue weighted by Crippen LogP contribution is 2.31. The van der Waals surface area contributed by atoms with Crippen molar-refractivity contribution in [3.8, 4) is 5.06 Å². The molecule has 0 saturated carbocycles. The van der Waals surface area contributed by atoms with E-state index < -0.39 is 0 Å². The van der Waals surface area contributed by atoms with Gasteiger partial charge in [0.15, 0.2) is 4.60 Å². The summed E-state index contributed by atoms with van der Waals surface area (Å²) >= 11 is 4.90. The van der Waals surface area contributed by atoms with Crippen LogP contribution in [0, 0.1) is 6.92 Å². The zero-order valence-corrected chi connectivity index (χ0v) is 8.96. The Hall–Kier alpha value is -0.0900. The van der Waals surface area contributed by atoms with Gasteiger partial charge in [0.05, 0.1) is 11.6 Å². The van der Waals surface area contributed by atoms with E-state index >= 15 is 0 Å². The van der Waals surface area contributed by atoms with Crippen LogP contribution in [0.1, 0.15) is 18.4 Å². The summed E-state index contributed by atoms with van der Waals surface area (Å²) in [5.74, 6) is 0. The number of ether oxygens (including phenoxy) is 1. The fourth-order valence-corrected chi connectivity index (χ4v) is 2.08. The second kappa shape index (κ2) is 4.07. The van der Waals surface area contributed by atoms with Crippen LogP contribution in [0.25, 0.3) is 0 Å². The summed E-state index contributed by atoms with van der Waals surface area (Å²) in [6, 6.07) is 0. The van der Waals surface area contributed by atoms with E-state index in [9.17, 15) is 0 Å². The molecule has 62 valence electrons. The van der Waals surface area contributed by atoms with Crippen molar-refractivity contribution in [3.05, 3.63) is 9.61 Å². The summed E-state index contributed by atoms with van der Waals surface area (Å²) in [6.07, 6.45) is 1.03. The summed E-state index contributed by atoms with van der Waals surface area (Å²) in [6.45, 7) is 4.82. The molecule has 0 amide bonds. The molecule has 2 nitrogen and oxygen atoms in total. The predicted molar refractivity (Wildman–Crippen MR) is 50.3 cm³/mol. The van der Waals surface area contributed by atoms with Gasteiger partial charge < -0.3 is 4.74 Å². The lowest BCUT2D eigenvalue weighted by molar-refractivity contribution is 0.324. The molecule has 0 aliphatic heterocycles. The van der Waals surface area contributed by atoms with Crippen LogP contribution in [-0.4, -0.2) is 11.6 Å². The van der Waals surface area contributed by atoms with Crippen LogP contribution in [0.5, 0.6) is 5.06 Å². The number of hydrogen-bond donors (Lipinski definition) is 0. The lowest BCUT2D eigenvalue weighted by Gasteiger charge is -1.98. The van der Waals surface area contributed by atoms with Crippen molar-refractivity contribution in [3.63, 3.8) is 0 Å². The van der Waals surface area contributed by atoms with Gasteiger partial charge in [-0.25, -0.2) is 4.98 Å². The smallest absolute Gasteiger partial charge is 0.209 e. The molecule has 0 N–H and O–H groups in total. The lowest BCUT2D eigenvalue weighted by atomic mass is 10.5. The second-order valence-corrected chi connectivity index (χ2v) is 4.08. The summed E-state index contributed by atoms with van der Waals surface area (Å²) in [4.78, 5) is 4.17. The molecule has 1 aromatic rings. The van der Waals surface area contributed by atoms with E-state index in [1.54, 1.807) is 11.3 Å². The molecular formula is C7H10BrNOS. The van der Waals surface area contributed by atoms with E-state index in [4.69, 9.17) is 4.74 Å². The predicted octanol–water partition coefficient (Wildman–Crippen LogP) is 3.00. The Morgan fingerprint density at radius 1 is 1.64 bits per heavy atom. The fraction of sp³-hybridized carbons (Fsp3) is 0.571. The first kappa shape index (κ1) is 9.00. The molecule has 4 heteroatoms. The number of hydrogen-bond acceptors (Lipinski definition) is 3. The molecule has 1 aromatic heterocycles. The average molecular weight is 236 g/mol. The molecule has 0 aliphatic carbocycles. The third-order valence-electron chi connectivity index (χ3n) is 1.10. The molecule has 0 spiro atoms. The van der Waals surface area contributed by atoms with Crippen molar-refractivity contribution in [1.29, 1.82) is 0 Å². The van der Waals surface area contributed by atoms with Gasteiger partial charge in [-0.05, 0) is 29.3 Å². The topological polar surface area (TPSA) is 22.1 Å². The van der Waals surface area contributed by atoms with Crippen LogP contribution in [0.15, 0.2) is 4.60 Å². The van der Waals surface area contributed by atoms with Gasteiger partial charge in [-0.3, -0.25) is 0 Å². The standard InChI is InChI=1S/C7H10BrNOS/c1-3-4-10-7-6(8)9-5(2)11-7/h3-4H2,1-2H3. The van der Waals surface area contributed by atoms with E-state index in [-0.39, 0.29) is 0 Å². The zero-order chi connectivity index (χ0) is 8.27. The van der Waals surface area contributed by atoms with E-state index in [2.05, 4.69) is 27.8 Å². The molecule has 0 atom stereocenters. The summed E-state index contributed by atoms with van der Waals surface area (Å²) in [5.41, 5.74) is 0. The molecule has 0 aromatic carbocycles. The third-order valence-corrected chi connectivity index (χ3v) is 2.78. The van der Waals surface area contributed by atoms with Crippen LogP contribution in [-0.2, 0) is 0 Å². The van der Waals surface area contributed by atoms with E-state index in [0.29, 0.717) is 0 Å². The summed E-state index contributed by atoms with van der Waals surface area (Å²) in [5, 5.41) is 1.92. The fourth-order valence-electron chi connectivity index (χ4n) is 0.667. The van der Waals surface area contributed by atoms with Gasteiger partial charge in [-0.1, -0.05) is 18.3 Å². The van der Waals surface area contributed by atoms with Gasteiger partial charge >= 0.3 is 0 Å². The minimum absolute atomic E-state index is 0.764. The van der Waals surface area contributed by atoms with Crippen LogP contribution in [0.2, 0.25) is 0 Å². The Morgan fingerprint density at radius 2 is 2.36 bits per heavy atom.